The molecule has 2 aromatic carbocycles. The first-order valence-corrected chi connectivity index (χ1v) is 8.32. The first-order chi connectivity index (χ1) is 12.6. The van der Waals surface area contributed by atoms with Crippen molar-refractivity contribution < 1.29 is 18.0 Å². The van der Waals surface area contributed by atoms with Crippen LogP contribution in [-0.4, -0.2) is 22.6 Å². The Labute approximate surface area is 161 Å². The van der Waals surface area contributed by atoms with Gasteiger partial charge in [0.15, 0.2) is 0 Å². The van der Waals surface area contributed by atoms with Gasteiger partial charge in [0.2, 0.25) is 11.7 Å². The zero-order valence-electron chi connectivity index (χ0n) is 14.3. The normalized spacial score (nSPS) is 18.1. The lowest BCUT2D eigenvalue weighted by molar-refractivity contribution is 0.0200. The molecule has 0 amide bonds. The number of benzene rings is 2. The second-order valence-electron chi connectivity index (χ2n) is 6.22. The predicted octanol–water partition coefficient (Wildman–Crippen LogP) is 4.41. The van der Waals surface area contributed by atoms with Crippen LogP contribution in [0.4, 0.5) is 8.78 Å². The molecule has 142 valence electrons. The molecule has 0 radical (unpaired) electrons. The fraction of sp³-hybridized carbons (Fsp3) is 0.263. The molecule has 8 heteroatoms. The molecule has 0 saturated carbocycles. The van der Waals surface area contributed by atoms with Crippen LogP contribution in [0.15, 0.2) is 59.1 Å². The van der Waals surface area contributed by atoms with Crippen molar-refractivity contribution in [3.63, 3.8) is 0 Å². The maximum absolute atomic E-state index is 13.4. The highest BCUT2D eigenvalue weighted by molar-refractivity contribution is 5.85. The molecule has 1 unspecified atom stereocenters. The first kappa shape index (κ1) is 19.3. The molecular weight excluding hydrogens is 376 g/mol. The lowest BCUT2D eigenvalue weighted by Crippen LogP contribution is -2.19. The lowest BCUT2D eigenvalue weighted by Gasteiger charge is -2.09. The Morgan fingerprint density at radius 2 is 1.85 bits per heavy atom. The number of hydrogen-bond acceptors (Lipinski definition) is 5. The SMILES string of the molecule is Cl.FC1(F)CNC(c2nc(-c3ccccc3OCc3ccccc3)no2)C1. The summed E-state index contributed by atoms with van der Waals surface area (Å²) in [6.45, 7) is 0.0190. The number of hydrogen-bond donors (Lipinski definition) is 1. The summed E-state index contributed by atoms with van der Waals surface area (Å²) in [5.41, 5.74) is 1.69. The van der Waals surface area contributed by atoms with Crippen LogP contribution in [0, 0.1) is 0 Å². The van der Waals surface area contributed by atoms with E-state index < -0.39 is 12.0 Å². The van der Waals surface area contributed by atoms with Crippen molar-refractivity contribution in [1.82, 2.24) is 15.5 Å². The summed E-state index contributed by atoms with van der Waals surface area (Å²) in [4.78, 5) is 4.29. The van der Waals surface area contributed by atoms with E-state index >= 15 is 0 Å². The Kier molecular flexibility index (Phi) is 5.72. The molecule has 1 aromatic heterocycles. The Hall–Kier alpha value is -2.51. The van der Waals surface area contributed by atoms with E-state index in [4.69, 9.17) is 9.26 Å². The maximum Gasteiger partial charge on any atom is 0.262 e. The number of halogens is 3. The summed E-state index contributed by atoms with van der Waals surface area (Å²) in [5.74, 6) is -1.67. The Balaban J connectivity index is 0.00000210. The number of alkyl halides is 2. The summed E-state index contributed by atoms with van der Waals surface area (Å²) >= 11 is 0. The lowest BCUT2D eigenvalue weighted by atomic mass is 10.1. The van der Waals surface area contributed by atoms with Gasteiger partial charge in [-0.15, -0.1) is 12.4 Å². The molecule has 1 N–H and O–H groups in total. The topological polar surface area (TPSA) is 60.2 Å². The molecule has 4 rings (SSSR count). The van der Waals surface area contributed by atoms with Crippen molar-refractivity contribution in [3.8, 4) is 17.1 Å². The van der Waals surface area contributed by atoms with E-state index in [1.807, 2.05) is 54.6 Å². The maximum atomic E-state index is 13.4. The number of aromatic nitrogens is 2. The van der Waals surface area contributed by atoms with E-state index in [1.165, 1.54) is 0 Å². The zero-order valence-corrected chi connectivity index (χ0v) is 15.1. The van der Waals surface area contributed by atoms with Crippen LogP contribution < -0.4 is 10.1 Å². The molecule has 1 aliphatic rings. The highest BCUT2D eigenvalue weighted by Crippen LogP contribution is 2.35. The number of rotatable bonds is 5. The van der Waals surface area contributed by atoms with Gasteiger partial charge in [-0.2, -0.15) is 4.98 Å². The van der Waals surface area contributed by atoms with Crippen molar-refractivity contribution in [2.45, 2.75) is 25.0 Å². The molecule has 27 heavy (non-hydrogen) atoms. The highest BCUT2D eigenvalue weighted by Gasteiger charge is 2.42. The van der Waals surface area contributed by atoms with Crippen LogP contribution >= 0.6 is 12.4 Å². The second-order valence-corrected chi connectivity index (χ2v) is 6.22. The number of nitrogens with one attached hydrogen (secondary N) is 1. The minimum Gasteiger partial charge on any atom is -0.488 e. The summed E-state index contributed by atoms with van der Waals surface area (Å²) in [6.07, 6.45) is -0.346. The minimum atomic E-state index is -2.75. The Morgan fingerprint density at radius 1 is 1.11 bits per heavy atom. The van der Waals surface area contributed by atoms with Gasteiger partial charge in [-0.3, -0.25) is 5.32 Å². The third-order valence-corrected chi connectivity index (χ3v) is 4.21. The molecule has 3 aromatic rings. The van der Waals surface area contributed by atoms with Crippen LogP contribution in [0.1, 0.15) is 23.9 Å². The third-order valence-electron chi connectivity index (χ3n) is 4.21. The smallest absolute Gasteiger partial charge is 0.262 e. The standard InChI is InChI=1S/C19H17F2N3O2.ClH/c20-19(21)10-15(22-12-19)18-23-17(24-26-18)14-8-4-5-9-16(14)25-11-13-6-2-1-3-7-13;/h1-9,15,22H,10-12H2;1H. The molecule has 0 aliphatic carbocycles. The van der Waals surface area contributed by atoms with Gasteiger partial charge in [0.05, 0.1) is 18.2 Å². The molecule has 1 aliphatic heterocycles. The van der Waals surface area contributed by atoms with E-state index in [9.17, 15) is 8.78 Å². The van der Waals surface area contributed by atoms with E-state index in [-0.39, 0.29) is 31.3 Å². The molecule has 5 nitrogen and oxygen atoms in total. The summed E-state index contributed by atoms with van der Waals surface area (Å²) in [5, 5.41) is 6.66. The van der Waals surface area contributed by atoms with Gasteiger partial charge in [0.1, 0.15) is 12.4 Å². The molecule has 1 saturated heterocycles. The van der Waals surface area contributed by atoms with Crippen LogP contribution in [0.25, 0.3) is 11.4 Å². The largest absolute Gasteiger partial charge is 0.488 e. The molecule has 0 bridgehead atoms. The van der Waals surface area contributed by atoms with E-state index in [0.717, 1.165) is 5.56 Å². The van der Waals surface area contributed by atoms with Crippen molar-refractivity contribution in [2.24, 2.45) is 0 Å². The van der Waals surface area contributed by atoms with Gasteiger partial charge in [-0.1, -0.05) is 47.6 Å². The van der Waals surface area contributed by atoms with Gasteiger partial charge in [0.25, 0.3) is 5.92 Å². The average Bonchev–Trinajstić information content (AvgIpc) is 3.27. The molecule has 0 spiro atoms. The van der Waals surface area contributed by atoms with Crippen LogP contribution in [0.3, 0.4) is 0 Å². The van der Waals surface area contributed by atoms with Crippen molar-refractivity contribution in [3.05, 3.63) is 66.1 Å². The Morgan fingerprint density at radius 3 is 2.59 bits per heavy atom. The number of nitrogens with zero attached hydrogens (tertiary/aromatic N) is 2. The predicted molar refractivity (Wildman–Crippen MR) is 98.1 cm³/mol. The van der Waals surface area contributed by atoms with Crippen LogP contribution in [0.2, 0.25) is 0 Å². The molecule has 1 atom stereocenters. The zero-order chi connectivity index (χ0) is 18.0. The summed E-state index contributed by atoms with van der Waals surface area (Å²) in [6, 6.07) is 16.5. The fourth-order valence-corrected chi connectivity index (χ4v) is 2.89. The monoisotopic (exact) mass is 393 g/mol. The van der Waals surface area contributed by atoms with E-state index in [1.54, 1.807) is 0 Å². The average molecular weight is 394 g/mol. The first-order valence-electron chi connectivity index (χ1n) is 8.32. The van der Waals surface area contributed by atoms with Crippen LogP contribution in [-0.2, 0) is 6.61 Å². The Bertz CT molecular complexity index is 889. The van der Waals surface area contributed by atoms with Gasteiger partial charge in [0, 0.05) is 6.42 Å². The van der Waals surface area contributed by atoms with Crippen molar-refractivity contribution in [2.75, 3.05) is 6.54 Å². The second kappa shape index (κ2) is 8.02. The van der Waals surface area contributed by atoms with Crippen molar-refractivity contribution in [1.29, 1.82) is 0 Å². The quantitative estimate of drug-likeness (QED) is 0.695. The van der Waals surface area contributed by atoms with Gasteiger partial charge >= 0.3 is 0 Å². The van der Waals surface area contributed by atoms with Crippen molar-refractivity contribution >= 4 is 12.4 Å². The van der Waals surface area contributed by atoms with Gasteiger partial charge < -0.3 is 9.26 Å². The highest BCUT2D eigenvalue weighted by atomic mass is 35.5. The summed E-state index contributed by atoms with van der Waals surface area (Å²) < 4.78 is 37.8. The molecular formula is C19H18ClF2N3O2. The molecule has 1 fully saturated rings. The number of para-hydroxylation sites is 1. The molecule has 2 heterocycles. The van der Waals surface area contributed by atoms with Crippen LogP contribution in [0.5, 0.6) is 5.75 Å². The van der Waals surface area contributed by atoms with E-state index in [2.05, 4.69) is 15.5 Å². The van der Waals surface area contributed by atoms with Gasteiger partial charge in [-0.25, -0.2) is 8.78 Å². The minimum absolute atomic E-state index is 0. The number of ether oxygens (including phenoxy) is 1. The van der Waals surface area contributed by atoms with Gasteiger partial charge in [-0.05, 0) is 17.7 Å². The fourth-order valence-electron chi connectivity index (χ4n) is 2.89. The van der Waals surface area contributed by atoms with E-state index in [0.29, 0.717) is 23.7 Å². The summed E-state index contributed by atoms with van der Waals surface area (Å²) in [7, 11) is 0. The third kappa shape index (κ3) is 4.43.